The minimum atomic E-state index is -1.00. The van der Waals surface area contributed by atoms with Crippen molar-refractivity contribution in [3.05, 3.63) is 11.3 Å². The SMILES string of the molecule is CCOC(=O)C1C(=O)C(=O)NC2=C1CCCC2. The van der Waals surface area contributed by atoms with Crippen LogP contribution in [0, 0.1) is 5.92 Å². The van der Waals surface area contributed by atoms with Gasteiger partial charge in [-0.2, -0.15) is 0 Å². The monoisotopic (exact) mass is 237 g/mol. The van der Waals surface area contributed by atoms with Crippen LogP contribution in [-0.2, 0) is 19.1 Å². The van der Waals surface area contributed by atoms with Gasteiger partial charge in [0.25, 0.3) is 5.91 Å². The molecule has 0 saturated heterocycles. The number of esters is 1. The highest BCUT2D eigenvalue weighted by Crippen LogP contribution is 2.32. The van der Waals surface area contributed by atoms with E-state index in [0.29, 0.717) is 6.42 Å². The van der Waals surface area contributed by atoms with Crippen LogP contribution in [0.15, 0.2) is 11.3 Å². The molecule has 2 rings (SSSR count). The van der Waals surface area contributed by atoms with Crippen LogP contribution in [0.3, 0.4) is 0 Å². The Labute approximate surface area is 99.2 Å². The van der Waals surface area contributed by atoms with Crippen LogP contribution in [-0.4, -0.2) is 24.3 Å². The molecule has 0 aromatic rings. The van der Waals surface area contributed by atoms with E-state index in [1.165, 1.54) is 0 Å². The van der Waals surface area contributed by atoms with Crippen LogP contribution >= 0.6 is 0 Å². The van der Waals surface area contributed by atoms with E-state index in [9.17, 15) is 14.4 Å². The second-order valence-electron chi connectivity index (χ2n) is 4.21. The molecule has 0 aromatic carbocycles. The normalized spacial score (nSPS) is 24.2. The Balaban J connectivity index is 2.34. The topological polar surface area (TPSA) is 72.5 Å². The summed E-state index contributed by atoms with van der Waals surface area (Å²) in [5.41, 5.74) is 1.50. The summed E-state index contributed by atoms with van der Waals surface area (Å²) >= 11 is 0. The average Bonchev–Trinajstić information content (AvgIpc) is 2.31. The molecular formula is C12H15NO4. The maximum atomic E-state index is 11.8. The molecule has 0 saturated carbocycles. The number of allylic oxidation sites excluding steroid dienone is 1. The largest absolute Gasteiger partial charge is 0.465 e. The summed E-state index contributed by atoms with van der Waals surface area (Å²) in [7, 11) is 0. The lowest BCUT2D eigenvalue weighted by Gasteiger charge is -2.29. The second kappa shape index (κ2) is 4.69. The highest BCUT2D eigenvalue weighted by molar-refractivity contribution is 6.42. The van der Waals surface area contributed by atoms with Gasteiger partial charge in [0, 0.05) is 5.70 Å². The van der Waals surface area contributed by atoms with Gasteiger partial charge in [-0.15, -0.1) is 0 Å². The average molecular weight is 237 g/mol. The summed E-state index contributed by atoms with van der Waals surface area (Å²) in [6.45, 7) is 1.90. The lowest BCUT2D eigenvalue weighted by atomic mass is 9.82. The lowest BCUT2D eigenvalue weighted by Crippen LogP contribution is -2.46. The number of amides is 1. The number of nitrogens with one attached hydrogen (secondary N) is 1. The smallest absolute Gasteiger partial charge is 0.321 e. The van der Waals surface area contributed by atoms with Crippen molar-refractivity contribution in [2.45, 2.75) is 32.6 Å². The first-order valence-corrected chi connectivity index (χ1v) is 5.89. The summed E-state index contributed by atoms with van der Waals surface area (Å²) in [6, 6.07) is 0. The van der Waals surface area contributed by atoms with Crippen LogP contribution in [0.2, 0.25) is 0 Å². The molecule has 1 amide bonds. The summed E-state index contributed by atoms with van der Waals surface area (Å²) in [5, 5.41) is 2.58. The Kier molecular flexibility index (Phi) is 3.26. The van der Waals surface area contributed by atoms with Crippen LogP contribution < -0.4 is 5.32 Å². The number of hydrogen-bond acceptors (Lipinski definition) is 4. The first-order chi connectivity index (χ1) is 8.15. The highest BCUT2D eigenvalue weighted by atomic mass is 16.5. The van der Waals surface area contributed by atoms with E-state index in [2.05, 4.69) is 5.32 Å². The van der Waals surface area contributed by atoms with Crippen molar-refractivity contribution in [2.24, 2.45) is 5.92 Å². The number of hydrogen-bond donors (Lipinski definition) is 1. The fourth-order valence-corrected chi connectivity index (χ4v) is 2.35. The van der Waals surface area contributed by atoms with Gasteiger partial charge in [0.2, 0.25) is 5.78 Å². The Bertz CT molecular complexity index is 411. The minimum Gasteiger partial charge on any atom is -0.465 e. The van der Waals surface area contributed by atoms with Crippen molar-refractivity contribution in [3.8, 4) is 0 Å². The highest BCUT2D eigenvalue weighted by Gasteiger charge is 2.41. The zero-order valence-corrected chi connectivity index (χ0v) is 9.75. The maximum Gasteiger partial charge on any atom is 0.321 e. The zero-order valence-electron chi connectivity index (χ0n) is 9.75. The summed E-state index contributed by atoms with van der Waals surface area (Å²) in [5.74, 6) is -2.98. The molecule has 1 heterocycles. The van der Waals surface area contributed by atoms with Crippen molar-refractivity contribution >= 4 is 17.7 Å². The van der Waals surface area contributed by atoms with E-state index < -0.39 is 23.6 Å². The number of carbonyl (C=O) groups excluding carboxylic acids is 3. The molecule has 1 aliphatic heterocycles. The number of ketones is 1. The van der Waals surface area contributed by atoms with Gasteiger partial charge >= 0.3 is 5.97 Å². The first-order valence-electron chi connectivity index (χ1n) is 5.89. The molecule has 1 N–H and O–H groups in total. The summed E-state index contributed by atoms with van der Waals surface area (Å²) < 4.78 is 4.88. The van der Waals surface area contributed by atoms with E-state index in [1.54, 1.807) is 6.92 Å². The van der Waals surface area contributed by atoms with Gasteiger partial charge < -0.3 is 10.1 Å². The fraction of sp³-hybridized carbons (Fsp3) is 0.583. The lowest BCUT2D eigenvalue weighted by molar-refractivity contribution is -0.154. The molecule has 1 aliphatic carbocycles. The summed E-state index contributed by atoms with van der Waals surface area (Å²) in [6.07, 6.45) is 3.33. The van der Waals surface area contributed by atoms with E-state index in [-0.39, 0.29) is 6.61 Å². The van der Waals surface area contributed by atoms with Gasteiger partial charge in [-0.3, -0.25) is 14.4 Å². The second-order valence-corrected chi connectivity index (χ2v) is 4.21. The van der Waals surface area contributed by atoms with Crippen LogP contribution in [0.1, 0.15) is 32.6 Å². The van der Waals surface area contributed by atoms with Crippen molar-refractivity contribution in [3.63, 3.8) is 0 Å². The van der Waals surface area contributed by atoms with Gasteiger partial charge in [-0.05, 0) is 38.2 Å². The van der Waals surface area contributed by atoms with E-state index in [0.717, 1.165) is 30.5 Å². The van der Waals surface area contributed by atoms with E-state index in [4.69, 9.17) is 4.74 Å². The van der Waals surface area contributed by atoms with E-state index >= 15 is 0 Å². The molecule has 17 heavy (non-hydrogen) atoms. The zero-order chi connectivity index (χ0) is 12.4. The standard InChI is InChI=1S/C12H15NO4/c1-2-17-12(16)9-7-5-3-4-6-8(7)13-11(15)10(9)14/h9H,2-6H2,1H3,(H,13,15). The third-order valence-corrected chi connectivity index (χ3v) is 3.13. The maximum absolute atomic E-state index is 11.8. The molecule has 1 unspecified atom stereocenters. The quantitative estimate of drug-likeness (QED) is 0.436. The fourth-order valence-electron chi connectivity index (χ4n) is 2.35. The Morgan fingerprint density at radius 2 is 2.06 bits per heavy atom. The van der Waals surface area contributed by atoms with Crippen LogP contribution in [0.5, 0.6) is 0 Å². The third kappa shape index (κ3) is 2.09. The summed E-state index contributed by atoms with van der Waals surface area (Å²) in [4.78, 5) is 35.0. The van der Waals surface area contributed by atoms with Gasteiger partial charge in [-0.25, -0.2) is 0 Å². The Morgan fingerprint density at radius 3 is 2.76 bits per heavy atom. The van der Waals surface area contributed by atoms with Gasteiger partial charge in [0.1, 0.15) is 5.92 Å². The molecule has 2 aliphatic rings. The molecular weight excluding hydrogens is 222 g/mol. The van der Waals surface area contributed by atoms with Crippen molar-refractivity contribution in [1.29, 1.82) is 0 Å². The predicted octanol–water partition coefficient (Wildman–Crippen LogP) is 0.693. The van der Waals surface area contributed by atoms with Crippen molar-refractivity contribution in [1.82, 2.24) is 5.32 Å². The molecule has 0 aromatic heterocycles. The third-order valence-electron chi connectivity index (χ3n) is 3.13. The molecule has 5 heteroatoms. The predicted molar refractivity (Wildman–Crippen MR) is 58.8 cm³/mol. The van der Waals surface area contributed by atoms with Crippen LogP contribution in [0.25, 0.3) is 0 Å². The number of Topliss-reactive ketones (excluding diaryl/α,β-unsaturated/α-hetero) is 1. The van der Waals surface area contributed by atoms with Gasteiger partial charge in [-0.1, -0.05) is 0 Å². The number of rotatable bonds is 2. The van der Waals surface area contributed by atoms with Gasteiger partial charge in [0.15, 0.2) is 0 Å². The van der Waals surface area contributed by atoms with Crippen molar-refractivity contribution in [2.75, 3.05) is 6.61 Å². The van der Waals surface area contributed by atoms with E-state index in [1.807, 2.05) is 0 Å². The number of carbonyl (C=O) groups is 3. The first kappa shape index (κ1) is 11.8. The molecule has 0 fully saturated rings. The Morgan fingerprint density at radius 1 is 1.35 bits per heavy atom. The molecule has 92 valence electrons. The van der Waals surface area contributed by atoms with Crippen molar-refractivity contribution < 1.29 is 19.1 Å². The molecule has 0 radical (unpaired) electrons. The van der Waals surface area contributed by atoms with Gasteiger partial charge in [0.05, 0.1) is 6.61 Å². The molecule has 0 spiro atoms. The minimum absolute atomic E-state index is 0.215. The molecule has 5 nitrogen and oxygen atoms in total. The Hall–Kier alpha value is -1.65. The molecule has 1 atom stereocenters. The molecule has 0 bridgehead atoms. The van der Waals surface area contributed by atoms with Crippen LogP contribution in [0.4, 0.5) is 0 Å². The number of ether oxygens (including phenoxy) is 1.